The largest absolute Gasteiger partial charge is 0.494 e. The zero-order valence-corrected chi connectivity index (χ0v) is 11.0. The number of halogens is 1. The molecule has 2 rings (SSSR count). The molecule has 5 heteroatoms. The lowest BCUT2D eigenvalue weighted by Gasteiger charge is -2.08. The molecule has 0 saturated heterocycles. The van der Waals surface area contributed by atoms with Gasteiger partial charge in [0.1, 0.15) is 11.6 Å². The fraction of sp³-hybridized carbons (Fsp3) is 0.133. The van der Waals surface area contributed by atoms with Crippen LogP contribution in [0, 0.1) is 5.82 Å². The summed E-state index contributed by atoms with van der Waals surface area (Å²) >= 11 is 0. The molecular formula is C15H15FN2O2. The van der Waals surface area contributed by atoms with Gasteiger partial charge in [0.25, 0.3) is 5.91 Å². The van der Waals surface area contributed by atoms with Crippen LogP contribution in [0.3, 0.4) is 0 Å². The van der Waals surface area contributed by atoms with Gasteiger partial charge in [-0.3, -0.25) is 4.79 Å². The van der Waals surface area contributed by atoms with E-state index in [1.54, 1.807) is 24.3 Å². The highest BCUT2D eigenvalue weighted by molar-refractivity contribution is 6.04. The molecule has 2 aromatic carbocycles. The first kappa shape index (κ1) is 13.9. The summed E-state index contributed by atoms with van der Waals surface area (Å²) in [5.41, 5.74) is 6.20. The Hall–Kier alpha value is -2.56. The number of carbonyl (C=O) groups is 1. The first-order chi connectivity index (χ1) is 9.60. The van der Waals surface area contributed by atoms with E-state index >= 15 is 0 Å². The van der Waals surface area contributed by atoms with Crippen LogP contribution in [0.25, 0.3) is 0 Å². The maximum Gasteiger partial charge on any atom is 0.258 e. The third kappa shape index (κ3) is 3.26. The summed E-state index contributed by atoms with van der Waals surface area (Å²) in [4.78, 5) is 12.0. The van der Waals surface area contributed by atoms with Crippen LogP contribution in [0.15, 0.2) is 42.5 Å². The lowest BCUT2D eigenvalue weighted by molar-refractivity contribution is 0.102. The average molecular weight is 274 g/mol. The Balaban J connectivity index is 2.17. The van der Waals surface area contributed by atoms with Gasteiger partial charge in [0, 0.05) is 17.4 Å². The zero-order valence-electron chi connectivity index (χ0n) is 11.0. The highest BCUT2D eigenvalue weighted by atomic mass is 19.1. The molecule has 0 bridgehead atoms. The predicted molar refractivity (Wildman–Crippen MR) is 76.4 cm³/mol. The van der Waals surface area contributed by atoms with E-state index in [0.717, 1.165) is 6.07 Å². The molecule has 0 saturated carbocycles. The number of ether oxygens (including phenoxy) is 1. The Kier molecular flexibility index (Phi) is 4.20. The Morgan fingerprint density at radius 1 is 1.30 bits per heavy atom. The molecule has 2 aromatic rings. The van der Waals surface area contributed by atoms with Gasteiger partial charge < -0.3 is 15.8 Å². The Bertz CT molecular complexity index is 629. The van der Waals surface area contributed by atoms with Crippen molar-refractivity contribution in [2.75, 3.05) is 17.7 Å². The highest BCUT2D eigenvalue weighted by Gasteiger charge is 2.12. The van der Waals surface area contributed by atoms with Crippen molar-refractivity contribution in [2.24, 2.45) is 0 Å². The van der Waals surface area contributed by atoms with Crippen LogP contribution in [-0.2, 0) is 0 Å². The van der Waals surface area contributed by atoms with Crippen LogP contribution >= 0.6 is 0 Å². The fourth-order valence-corrected chi connectivity index (χ4v) is 1.74. The molecule has 0 radical (unpaired) electrons. The molecule has 0 unspecified atom stereocenters. The second-order valence-electron chi connectivity index (χ2n) is 4.15. The normalized spacial score (nSPS) is 10.1. The van der Waals surface area contributed by atoms with E-state index in [4.69, 9.17) is 10.5 Å². The number of nitrogens with two attached hydrogens (primary N) is 1. The van der Waals surface area contributed by atoms with E-state index in [1.165, 1.54) is 12.1 Å². The van der Waals surface area contributed by atoms with Gasteiger partial charge in [0.15, 0.2) is 0 Å². The van der Waals surface area contributed by atoms with Crippen molar-refractivity contribution in [3.05, 3.63) is 53.8 Å². The molecule has 1 amide bonds. The van der Waals surface area contributed by atoms with Crippen LogP contribution in [0.1, 0.15) is 17.3 Å². The van der Waals surface area contributed by atoms with Crippen LogP contribution in [0.2, 0.25) is 0 Å². The van der Waals surface area contributed by atoms with Crippen LogP contribution < -0.4 is 15.8 Å². The Labute approximate surface area is 116 Å². The predicted octanol–water partition coefficient (Wildman–Crippen LogP) is 3.06. The summed E-state index contributed by atoms with van der Waals surface area (Å²) < 4.78 is 19.0. The standard InChI is InChI=1S/C15H15FN2O2/c1-2-20-12-5-3-4-11(9-12)18-15(19)13-7-6-10(17)8-14(13)16/h3-9H,2,17H2,1H3,(H,18,19). The van der Waals surface area contributed by atoms with Crippen molar-refractivity contribution in [2.45, 2.75) is 6.92 Å². The van der Waals surface area contributed by atoms with Crippen molar-refractivity contribution in [3.8, 4) is 5.75 Å². The van der Waals surface area contributed by atoms with Gasteiger partial charge in [0.2, 0.25) is 0 Å². The molecule has 0 heterocycles. The van der Waals surface area contributed by atoms with Gasteiger partial charge >= 0.3 is 0 Å². The molecule has 0 fully saturated rings. The minimum absolute atomic E-state index is 0.0546. The smallest absolute Gasteiger partial charge is 0.258 e. The molecule has 0 spiro atoms. The molecule has 0 atom stereocenters. The van der Waals surface area contributed by atoms with Crippen molar-refractivity contribution >= 4 is 17.3 Å². The molecule has 0 aliphatic carbocycles. The molecule has 0 aromatic heterocycles. The number of anilines is 2. The number of hydrogen-bond donors (Lipinski definition) is 2. The molecule has 20 heavy (non-hydrogen) atoms. The summed E-state index contributed by atoms with van der Waals surface area (Å²) in [6.07, 6.45) is 0. The number of amides is 1. The second-order valence-corrected chi connectivity index (χ2v) is 4.15. The Morgan fingerprint density at radius 3 is 2.80 bits per heavy atom. The number of rotatable bonds is 4. The van der Waals surface area contributed by atoms with Crippen molar-refractivity contribution in [3.63, 3.8) is 0 Å². The van der Waals surface area contributed by atoms with Crippen molar-refractivity contribution in [1.29, 1.82) is 0 Å². The fourth-order valence-electron chi connectivity index (χ4n) is 1.74. The van der Waals surface area contributed by atoms with Gasteiger partial charge in [0.05, 0.1) is 12.2 Å². The number of benzene rings is 2. The van der Waals surface area contributed by atoms with Gasteiger partial charge in [-0.15, -0.1) is 0 Å². The summed E-state index contributed by atoms with van der Waals surface area (Å²) in [7, 11) is 0. The average Bonchev–Trinajstić information content (AvgIpc) is 2.39. The van der Waals surface area contributed by atoms with Crippen LogP contribution in [0.5, 0.6) is 5.75 Å². The number of nitrogen functional groups attached to an aromatic ring is 1. The lowest BCUT2D eigenvalue weighted by atomic mass is 10.1. The lowest BCUT2D eigenvalue weighted by Crippen LogP contribution is -2.14. The van der Waals surface area contributed by atoms with Crippen LogP contribution in [-0.4, -0.2) is 12.5 Å². The van der Waals surface area contributed by atoms with Gasteiger partial charge in [-0.25, -0.2) is 4.39 Å². The van der Waals surface area contributed by atoms with E-state index in [2.05, 4.69) is 5.32 Å². The van der Waals surface area contributed by atoms with Gasteiger partial charge in [-0.05, 0) is 37.3 Å². The maximum absolute atomic E-state index is 13.6. The summed E-state index contributed by atoms with van der Waals surface area (Å²) in [6.45, 7) is 2.40. The third-order valence-corrected chi connectivity index (χ3v) is 2.64. The van der Waals surface area contributed by atoms with E-state index in [-0.39, 0.29) is 11.3 Å². The first-order valence-corrected chi connectivity index (χ1v) is 6.19. The minimum Gasteiger partial charge on any atom is -0.494 e. The molecular weight excluding hydrogens is 259 g/mol. The number of nitrogens with one attached hydrogen (secondary N) is 1. The number of hydrogen-bond acceptors (Lipinski definition) is 3. The second kappa shape index (κ2) is 6.06. The molecule has 4 nitrogen and oxygen atoms in total. The van der Waals surface area contributed by atoms with Crippen molar-refractivity contribution in [1.82, 2.24) is 0 Å². The van der Waals surface area contributed by atoms with E-state index in [0.29, 0.717) is 18.0 Å². The highest BCUT2D eigenvalue weighted by Crippen LogP contribution is 2.19. The molecule has 3 N–H and O–H groups in total. The number of carbonyl (C=O) groups excluding carboxylic acids is 1. The zero-order chi connectivity index (χ0) is 14.5. The van der Waals surface area contributed by atoms with E-state index in [1.807, 2.05) is 6.92 Å². The molecule has 0 aliphatic rings. The van der Waals surface area contributed by atoms with E-state index in [9.17, 15) is 9.18 Å². The molecule has 104 valence electrons. The SMILES string of the molecule is CCOc1cccc(NC(=O)c2ccc(N)cc2F)c1. The summed E-state index contributed by atoms with van der Waals surface area (Å²) in [5.74, 6) is -0.539. The quantitative estimate of drug-likeness (QED) is 0.842. The summed E-state index contributed by atoms with van der Waals surface area (Å²) in [5, 5.41) is 2.62. The van der Waals surface area contributed by atoms with Gasteiger partial charge in [-0.1, -0.05) is 6.07 Å². The van der Waals surface area contributed by atoms with Crippen LogP contribution in [0.4, 0.5) is 15.8 Å². The van der Waals surface area contributed by atoms with Gasteiger partial charge in [-0.2, -0.15) is 0 Å². The van der Waals surface area contributed by atoms with E-state index < -0.39 is 11.7 Å². The molecule has 0 aliphatic heterocycles. The topological polar surface area (TPSA) is 64.3 Å². The monoisotopic (exact) mass is 274 g/mol. The summed E-state index contributed by atoms with van der Waals surface area (Å²) in [6, 6.07) is 10.9. The Morgan fingerprint density at radius 2 is 2.10 bits per heavy atom. The van der Waals surface area contributed by atoms with Crippen molar-refractivity contribution < 1.29 is 13.9 Å². The maximum atomic E-state index is 13.6. The first-order valence-electron chi connectivity index (χ1n) is 6.19. The third-order valence-electron chi connectivity index (χ3n) is 2.64. The minimum atomic E-state index is -0.650.